The topological polar surface area (TPSA) is 69.6 Å². The summed E-state index contributed by atoms with van der Waals surface area (Å²) in [6, 6.07) is 6.06. The number of anilines is 1. The molecule has 126 valence electrons. The van der Waals surface area contributed by atoms with Gasteiger partial charge in [-0.3, -0.25) is 14.5 Å². The fourth-order valence-corrected chi connectivity index (χ4v) is 3.06. The van der Waals surface area contributed by atoms with Crippen LogP contribution >= 0.6 is 0 Å². The van der Waals surface area contributed by atoms with Crippen molar-refractivity contribution < 1.29 is 14.7 Å². The fraction of sp³-hybridized carbons (Fsp3) is 0.556. The fourth-order valence-electron chi connectivity index (χ4n) is 3.06. The van der Waals surface area contributed by atoms with Crippen molar-refractivity contribution in [1.82, 2.24) is 4.90 Å². The third kappa shape index (κ3) is 4.55. The van der Waals surface area contributed by atoms with Crippen LogP contribution in [0.15, 0.2) is 18.2 Å². The smallest absolute Gasteiger partial charge is 0.306 e. The van der Waals surface area contributed by atoms with E-state index in [4.69, 9.17) is 5.11 Å². The summed E-state index contributed by atoms with van der Waals surface area (Å²) in [5.41, 5.74) is 3.12. The number of carboxylic acids is 1. The Morgan fingerprint density at radius 2 is 1.96 bits per heavy atom. The Labute approximate surface area is 137 Å². The van der Waals surface area contributed by atoms with Gasteiger partial charge in [-0.05, 0) is 49.9 Å². The lowest BCUT2D eigenvalue weighted by Crippen LogP contribution is -2.40. The highest BCUT2D eigenvalue weighted by atomic mass is 16.4. The number of nitrogens with one attached hydrogen (secondary N) is 1. The minimum absolute atomic E-state index is 0.0324. The Bertz CT molecular complexity index is 576. The van der Waals surface area contributed by atoms with Crippen molar-refractivity contribution in [1.29, 1.82) is 0 Å². The zero-order chi connectivity index (χ0) is 17.0. The highest BCUT2D eigenvalue weighted by Crippen LogP contribution is 2.27. The summed E-state index contributed by atoms with van der Waals surface area (Å²) in [4.78, 5) is 25.3. The Hall–Kier alpha value is -1.88. The predicted octanol–water partition coefficient (Wildman–Crippen LogP) is 2.85. The monoisotopic (exact) mass is 318 g/mol. The second-order valence-electron chi connectivity index (χ2n) is 6.63. The van der Waals surface area contributed by atoms with Crippen molar-refractivity contribution in [2.45, 2.75) is 39.5 Å². The number of amides is 1. The maximum atomic E-state index is 12.4. The van der Waals surface area contributed by atoms with Crippen molar-refractivity contribution in [2.75, 3.05) is 25.0 Å². The van der Waals surface area contributed by atoms with E-state index in [2.05, 4.69) is 19.2 Å². The number of carboxylic acid groups (broad SMARTS) is 1. The predicted molar refractivity (Wildman–Crippen MR) is 90.7 cm³/mol. The lowest BCUT2D eigenvalue weighted by molar-refractivity contribution is -0.143. The third-order valence-corrected chi connectivity index (χ3v) is 4.50. The second-order valence-corrected chi connectivity index (χ2v) is 6.63. The molecule has 0 unspecified atom stereocenters. The summed E-state index contributed by atoms with van der Waals surface area (Å²) < 4.78 is 0. The van der Waals surface area contributed by atoms with Crippen LogP contribution in [0.4, 0.5) is 5.69 Å². The van der Waals surface area contributed by atoms with E-state index in [1.54, 1.807) is 0 Å². The molecule has 23 heavy (non-hydrogen) atoms. The highest BCUT2D eigenvalue weighted by Gasteiger charge is 2.25. The van der Waals surface area contributed by atoms with Crippen LogP contribution in [0.2, 0.25) is 0 Å². The molecule has 0 aliphatic carbocycles. The molecule has 1 amide bonds. The Morgan fingerprint density at radius 3 is 2.52 bits per heavy atom. The van der Waals surface area contributed by atoms with Gasteiger partial charge in [-0.1, -0.05) is 32.0 Å². The number of nitrogens with zero attached hydrogens (tertiary/aromatic N) is 1. The number of hydrogen-bond donors (Lipinski definition) is 2. The van der Waals surface area contributed by atoms with E-state index in [0.717, 1.165) is 16.8 Å². The number of carbonyl (C=O) groups is 2. The molecule has 2 rings (SSSR count). The SMILES string of the molecule is Cc1cccc(C(C)C)c1NC(=O)CN1CCC(C(=O)O)CC1. The van der Waals surface area contributed by atoms with Gasteiger partial charge in [-0.2, -0.15) is 0 Å². The number of aryl methyl sites for hydroxylation is 1. The van der Waals surface area contributed by atoms with Gasteiger partial charge in [-0.15, -0.1) is 0 Å². The maximum absolute atomic E-state index is 12.4. The average molecular weight is 318 g/mol. The van der Waals surface area contributed by atoms with E-state index in [1.165, 1.54) is 0 Å². The highest BCUT2D eigenvalue weighted by molar-refractivity contribution is 5.94. The van der Waals surface area contributed by atoms with Crippen LogP contribution in [0.1, 0.15) is 43.7 Å². The van der Waals surface area contributed by atoms with Crippen molar-refractivity contribution in [3.63, 3.8) is 0 Å². The van der Waals surface area contributed by atoms with Crippen LogP contribution in [-0.2, 0) is 9.59 Å². The van der Waals surface area contributed by atoms with Crippen molar-refractivity contribution in [2.24, 2.45) is 5.92 Å². The van der Waals surface area contributed by atoms with Crippen molar-refractivity contribution in [3.05, 3.63) is 29.3 Å². The van der Waals surface area contributed by atoms with Crippen LogP contribution in [-0.4, -0.2) is 41.5 Å². The molecule has 1 aromatic rings. The van der Waals surface area contributed by atoms with Crippen LogP contribution in [0.5, 0.6) is 0 Å². The third-order valence-electron chi connectivity index (χ3n) is 4.50. The molecule has 1 aromatic carbocycles. The number of aliphatic carboxylic acids is 1. The van der Waals surface area contributed by atoms with Crippen LogP contribution in [0.25, 0.3) is 0 Å². The standard InChI is InChI=1S/C18H26N2O3/c1-12(2)15-6-4-5-13(3)17(15)19-16(21)11-20-9-7-14(8-10-20)18(22)23/h4-6,12,14H,7-11H2,1-3H3,(H,19,21)(H,22,23). The quantitative estimate of drug-likeness (QED) is 0.876. The molecule has 0 atom stereocenters. The van der Waals surface area contributed by atoms with Crippen molar-refractivity contribution >= 4 is 17.6 Å². The molecule has 5 heteroatoms. The van der Waals surface area contributed by atoms with Crippen LogP contribution in [0.3, 0.4) is 0 Å². The minimum atomic E-state index is -0.726. The second kappa shape index (κ2) is 7.59. The molecule has 0 aromatic heterocycles. The Kier molecular flexibility index (Phi) is 5.77. The lowest BCUT2D eigenvalue weighted by Gasteiger charge is -2.29. The van der Waals surface area contributed by atoms with Gasteiger partial charge in [0, 0.05) is 5.69 Å². The maximum Gasteiger partial charge on any atom is 0.306 e. The summed E-state index contributed by atoms with van der Waals surface area (Å²) in [5.74, 6) is -0.680. The molecular formula is C18H26N2O3. The zero-order valence-corrected chi connectivity index (χ0v) is 14.1. The summed E-state index contributed by atoms with van der Waals surface area (Å²) in [6.07, 6.45) is 1.23. The van der Waals surface area contributed by atoms with E-state index in [1.807, 2.05) is 30.0 Å². The molecule has 0 saturated carbocycles. The zero-order valence-electron chi connectivity index (χ0n) is 14.1. The molecule has 1 fully saturated rings. The number of para-hydroxylation sites is 1. The number of piperidine rings is 1. The minimum Gasteiger partial charge on any atom is -0.481 e. The number of rotatable bonds is 5. The van der Waals surface area contributed by atoms with Gasteiger partial charge in [0.25, 0.3) is 0 Å². The first-order valence-electron chi connectivity index (χ1n) is 8.23. The van der Waals surface area contributed by atoms with Gasteiger partial charge in [0.05, 0.1) is 12.5 Å². The van der Waals surface area contributed by atoms with Crippen LogP contribution in [0, 0.1) is 12.8 Å². The van der Waals surface area contributed by atoms with E-state index in [-0.39, 0.29) is 11.8 Å². The van der Waals surface area contributed by atoms with Crippen molar-refractivity contribution in [3.8, 4) is 0 Å². The van der Waals surface area contributed by atoms with Gasteiger partial charge in [-0.25, -0.2) is 0 Å². The first-order valence-corrected chi connectivity index (χ1v) is 8.23. The molecule has 0 bridgehead atoms. The number of benzene rings is 1. The summed E-state index contributed by atoms with van der Waals surface area (Å²) >= 11 is 0. The van der Waals surface area contributed by atoms with E-state index >= 15 is 0 Å². The first-order chi connectivity index (χ1) is 10.9. The summed E-state index contributed by atoms with van der Waals surface area (Å²) in [5, 5.41) is 12.1. The lowest BCUT2D eigenvalue weighted by atomic mass is 9.97. The summed E-state index contributed by atoms with van der Waals surface area (Å²) in [6.45, 7) is 7.87. The van der Waals surface area contributed by atoms with E-state index < -0.39 is 5.97 Å². The van der Waals surface area contributed by atoms with Gasteiger partial charge < -0.3 is 10.4 Å². The molecule has 2 N–H and O–H groups in total. The molecule has 0 spiro atoms. The van der Waals surface area contributed by atoms with Gasteiger partial charge in [0.15, 0.2) is 0 Å². The van der Waals surface area contributed by atoms with Gasteiger partial charge >= 0.3 is 5.97 Å². The van der Waals surface area contributed by atoms with Crippen LogP contribution < -0.4 is 5.32 Å². The molecular weight excluding hydrogens is 292 g/mol. The molecule has 1 saturated heterocycles. The molecule has 5 nitrogen and oxygen atoms in total. The van der Waals surface area contributed by atoms with Gasteiger partial charge in [0.1, 0.15) is 0 Å². The average Bonchev–Trinajstić information content (AvgIpc) is 2.49. The van der Waals surface area contributed by atoms with E-state index in [9.17, 15) is 9.59 Å². The molecule has 1 aliphatic rings. The first kappa shape index (κ1) is 17.5. The number of likely N-dealkylation sites (tertiary alicyclic amines) is 1. The molecule has 1 aliphatic heterocycles. The largest absolute Gasteiger partial charge is 0.481 e. The van der Waals surface area contributed by atoms with E-state index in [0.29, 0.717) is 38.4 Å². The normalized spacial score (nSPS) is 16.5. The Balaban J connectivity index is 1.95. The Morgan fingerprint density at radius 1 is 1.30 bits per heavy atom. The molecule has 1 heterocycles. The number of hydrogen-bond acceptors (Lipinski definition) is 3. The van der Waals surface area contributed by atoms with Gasteiger partial charge in [0.2, 0.25) is 5.91 Å². The molecule has 0 radical (unpaired) electrons. The summed E-state index contributed by atoms with van der Waals surface area (Å²) in [7, 11) is 0. The number of carbonyl (C=O) groups excluding carboxylic acids is 1.